The maximum absolute atomic E-state index is 11.8. The molecule has 1 unspecified atom stereocenters. The predicted molar refractivity (Wildman–Crippen MR) is 57.7 cm³/mol. The molecule has 5 heteroatoms. The SMILES string of the molecule is O=C1CCCCCC1CCCOCC(F)(F)F. The van der Waals surface area contributed by atoms with Gasteiger partial charge >= 0.3 is 6.18 Å². The number of hydrogen-bond acceptors (Lipinski definition) is 2. The Labute approximate surface area is 99.5 Å². The molecular formula is C12H19F3O2. The van der Waals surface area contributed by atoms with Gasteiger partial charge in [-0.1, -0.05) is 12.8 Å². The number of carbonyl (C=O) groups excluding carboxylic acids is 1. The minimum atomic E-state index is -4.25. The van der Waals surface area contributed by atoms with Crippen molar-refractivity contribution < 1.29 is 22.7 Å². The highest BCUT2D eigenvalue weighted by Gasteiger charge is 2.27. The maximum Gasteiger partial charge on any atom is 0.411 e. The van der Waals surface area contributed by atoms with Crippen molar-refractivity contribution >= 4 is 5.78 Å². The number of ether oxygens (including phenoxy) is 1. The van der Waals surface area contributed by atoms with Crippen molar-refractivity contribution in [1.82, 2.24) is 0 Å². The van der Waals surface area contributed by atoms with E-state index < -0.39 is 12.8 Å². The molecule has 0 aromatic rings. The molecule has 1 rings (SSSR count). The molecule has 2 nitrogen and oxygen atoms in total. The van der Waals surface area contributed by atoms with Gasteiger partial charge in [-0.2, -0.15) is 13.2 Å². The van der Waals surface area contributed by atoms with E-state index in [-0.39, 0.29) is 18.3 Å². The van der Waals surface area contributed by atoms with Crippen LogP contribution in [0.3, 0.4) is 0 Å². The molecule has 0 radical (unpaired) electrons. The van der Waals surface area contributed by atoms with E-state index >= 15 is 0 Å². The van der Waals surface area contributed by atoms with E-state index in [1.54, 1.807) is 0 Å². The summed E-state index contributed by atoms with van der Waals surface area (Å²) in [6.07, 6.45) is 1.57. The summed E-state index contributed by atoms with van der Waals surface area (Å²) < 4.78 is 39.8. The highest BCUT2D eigenvalue weighted by molar-refractivity contribution is 5.81. The van der Waals surface area contributed by atoms with Crippen LogP contribution in [0.25, 0.3) is 0 Å². The lowest BCUT2D eigenvalue weighted by Gasteiger charge is -2.13. The van der Waals surface area contributed by atoms with Gasteiger partial charge in [0.1, 0.15) is 12.4 Å². The predicted octanol–water partition coefficient (Wildman–Crippen LogP) is 3.49. The van der Waals surface area contributed by atoms with Crippen molar-refractivity contribution in [1.29, 1.82) is 0 Å². The van der Waals surface area contributed by atoms with Gasteiger partial charge in [-0.15, -0.1) is 0 Å². The van der Waals surface area contributed by atoms with E-state index in [0.29, 0.717) is 19.3 Å². The fourth-order valence-electron chi connectivity index (χ4n) is 2.16. The second-order valence-electron chi connectivity index (χ2n) is 4.57. The summed E-state index contributed by atoms with van der Waals surface area (Å²) in [5.41, 5.74) is 0. The van der Waals surface area contributed by atoms with Crippen molar-refractivity contribution in [2.24, 2.45) is 5.92 Å². The summed E-state index contributed by atoms with van der Waals surface area (Å²) in [6.45, 7) is -1.10. The van der Waals surface area contributed by atoms with Gasteiger partial charge in [0.25, 0.3) is 0 Å². The summed E-state index contributed by atoms with van der Waals surface area (Å²) >= 11 is 0. The lowest BCUT2D eigenvalue weighted by Crippen LogP contribution is -2.18. The summed E-state index contributed by atoms with van der Waals surface area (Å²) in [7, 11) is 0. The molecule has 1 saturated carbocycles. The monoisotopic (exact) mass is 252 g/mol. The minimum Gasteiger partial charge on any atom is -0.372 e. The number of rotatable bonds is 5. The summed E-state index contributed by atoms with van der Waals surface area (Å²) in [4.78, 5) is 11.6. The van der Waals surface area contributed by atoms with Gasteiger partial charge in [-0.3, -0.25) is 4.79 Å². The maximum atomic E-state index is 11.8. The smallest absolute Gasteiger partial charge is 0.372 e. The average Bonchev–Trinajstić information content (AvgIpc) is 2.42. The summed E-state index contributed by atoms with van der Waals surface area (Å²) in [5, 5.41) is 0. The highest BCUT2D eigenvalue weighted by Crippen LogP contribution is 2.24. The van der Waals surface area contributed by atoms with Gasteiger partial charge in [0.05, 0.1) is 0 Å². The van der Waals surface area contributed by atoms with E-state index in [1.165, 1.54) is 0 Å². The second-order valence-corrected chi connectivity index (χ2v) is 4.57. The average molecular weight is 252 g/mol. The summed E-state index contributed by atoms with van der Waals surface area (Å²) in [5.74, 6) is 0.324. The van der Waals surface area contributed by atoms with E-state index in [9.17, 15) is 18.0 Å². The number of Topliss-reactive ketones (excluding diaryl/α,β-unsaturated/α-hetero) is 1. The third kappa shape index (κ3) is 6.66. The van der Waals surface area contributed by atoms with Gasteiger partial charge < -0.3 is 4.74 Å². The van der Waals surface area contributed by atoms with E-state index in [4.69, 9.17) is 0 Å². The highest BCUT2D eigenvalue weighted by atomic mass is 19.4. The number of halogens is 3. The topological polar surface area (TPSA) is 26.3 Å². The van der Waals surface area contributed by atoms with Crippen LogP contribution in [0.1, 0.15) is 44.9 Å². The Morgan fingerprint density at radius 2 is 2.00 bits per heavy atom. The molecule has 17 heavy (non-hydrogen) atoms. The van der Waals surface area contributed by atoms with Crippen molar-refractivity contribution in [3.05, 3.63) is 0 Å². The van der Waals surface area contributed by atoms with Crippen LogP contribution in [0.2, 0.25) is 0 Å². The molecule has 0 aromatic heterocycles. The van der Waals surface area contributed by atoms with Crippen molar-refractivity contribution in [2.75, 3.05) is 13.2 Å². The van der Waals surface area contributed by atoms with Crippen LogP contribution in [0.15, 0.2) is 0 Å². The van der Waals surface area contributed by atoms with Crippen LogP contribution in [-0.4, -0.2) is 25.2 Å². The van der Waals surface area contributed by atoms with Gasteiger partial charge in [0.2, 0.25) is 0 Å². The van der Waals surface area contributed by atoms with Crippen LogP contribution in [0, 0.1) is 5.92 Å². The molecule has 1 fully saturated rings. The van der Waals surface area contributed by atoms with Gasteiger partial charge in [0.15, 0.2) is 0 Å². The lowest BCUT2D eigenvalue weighted by atomic mass is 9.94. The van der Waals surface area contributed by atoms with Crippen LogP contribution in [0.4, 0.5) is 13.2 Å². The molecule has 0 spiro atoms. The third-order valence-corrected chi connectivity index (χ3v) is 3.04. The molecule has 0 amide bonds. The second kappa shape index (κ2) is 6.99. The molecule has 1 aliphatic carbocycles. The van der Waals surface area contributed by atoms with Crippen LogP contribution < -0.4 is 0 Å². The Morgan fingerprint density at radius 3 is 2.71 bits per heavy atom. The molecule has 0 saturated heterocycles. The van der Waals surface area contributed by atoms with Crippen LogP contribution in [-0.2, 0) is 9.53 Å². The lowest BCUT2D eigenvalue weighted by molar-refractivity contribution is -0.174. The number of alkyl halides is 3. The molecule has 0 heterocycles. The Bertz CT molecular complexity index is 238. The first-order valence-corrected chi connectivity index (χ1v) is 6.16. The van der Waals surface area contributed by atoms with Gasteiger partial charge in [-0.05, 0) is 25.7 Å². The fraction of sp³-hybridized carbons (Fsp3) is 0.917. The first-order valence-electron chi connectivity index (χ1n) is 6.16. The van der Waals surface area contributed by atoms with Crippen LogP contribution in [0.5, 0.6) is 0 Å². The van der Waals surface area contributed by atoms with Crippen molar-refractivity contribution in [3.8, 4) is 0 Å². The molecule has 0 N–H and O–H groups in total. The number of hydrogen-bond donors (Lipinski definition) is 0. The van der Waals surface area contributed by atoms with E-state index in [1.807, 2.05) is 0 Å². The first kappa shape index (κ1) is 14.5. The largest absolute Gasteiger partial charge is 0.411 e. The molecule has 100 valence electrons. The fourth-order valence-corrected chi connectivity index (χ4v) is 2.16. The first-order chi connectivity index (χ1) is 7.99. The minimum absolute atomic E-state index is 0.0481. The standard InChI is InChI=1S/C12H19F3O2/c13-12(14,15)9-17-8-4-6-10-5-2-1-3-7-11(10)16/h10H,1-9H2. The molecule has 0 bridgehead atoms. The van der Waals surface area contributed by atoms with Crippen molar-refractivity contribution in [2.45, 2.75) is 51.1 Å². The Hall–Kier alpha value is -0.580. The van der Waals surface area contributed by atoms with Gasteiger partial charge in [0, 0.05) is 18.9 Å². The molecule has 1 aliphatic rings. The molecule has 0 aliphatic heterocycles. The normalized spacial score (nSPS) is 22.5. The van der Waals surface area contributed by atoms with Crippen molar-refractivity contribution in [3.63, 3.8) is 0 Å². The number of carbonyl (C=O) groups is 1. The zero-order valence-corrected chi connectivity index (χ0v) is 9.89. The van der Waals surface area contributed by atoms with Crippen LogP contribution >= 0.6 is 0 Å². The van der Waals surface area contributed by atoms with Gasteiger partial charge in [-0.25, -0.2) is 0 Å². The Morgan fingerprint density at radius 1 is 1.24 bits per heavy atom. The quantitative estimate of drug-likeness (QED) is 0.553. The molecule has 0 aromatic carbocycles. The van der Waals surface area contributed by atoms with E-state index in [2.05, 4.69) is 4.74 Å². The molecular weight excluding hydrogens is 233 g/mol. The zero-order valence-electron chi connectivity index (χ0n) is 9.89. The Balaban J connectivity index is 2.10. The third-order valence-electron chi connectivity index (χ3n) is 3.04. The zero-order chi connectivity index (χ0) is 12.7. The Kier molecular flexibility index (Phi) is 5.95. The molecule has 1 atom stereocenters. The van der Waals surface area contributed by atoms with E-state index in [0.717, 1.165) is 25.7 Å². The summed E-state index contributed by atoms with van der Waals surface area (Å²) in [6, 6.07) is 0. The number of ketones is 1.